The van der Waals surface area contributed by atoms with E-state index in [1.165, 1.54) is 7.11 Å². The van der Waals surface area contributed by atoms with E-state index in [1.807, 2.05) is 13.8 Å². The first kappa shape index (κ1) is 10.4. The number of hydrogen-bond donors (Lipinski definition) is 1. The Labute approximate surface area is 67.4 Å². The Hall–Kier alpha value is -0.570. The van der Waals surface area contributed by atoms with Crippen molar-refractivity contribution in [3.8, 4) is 0 Å². The van der Waals surface area contributed by atoms with E-state index in [0.717, 1.165) is 12.8 Å². The summed E-state index contributed by atoms with van der Waals surface area (Å²) in [4.78, 5) is 10.5. The van der Waals surface area contributed by atoms with Crippen molar-refractivity contribution in [2.24, 2.45) is 5.92 Å². The molecule has 2 unspecified atom stereocenters. The summed E-state index contributed by atoms with van der Waals surface area (Å²) >= 11 is 0. The molecule has 66 valence electrons. The van der Waals surface area contributed by atoms with Crippen LogP contribution >= 0.6 is 0 Å². The molecule has 0 fully saturated rings. The van der Waals surface area contributed by atoms with Gasteiger partial charge in [-0.15, -0.1) is 0 Å². The van der Waals surface area contributed by atoms with Gasteiger partial charge in [0.2, 0.25) is 0 Å². The topological polar surface area (TPSA) is 46.5 Å². The molecule has 0 aromatic rings. The molecule has 0 heterocycles. The Balaban J connectivity index is 3.91. The van der Waals surface area contributed by atoms with E-state index in [4.69, 9.17) is 9.84 Å². The second-order valence-corrected chi connectivity index (χ2v) is 2.76. The van der Waals surface area contributed by atoms with Gasteiger partial charge in [-0.05, 0) is 12.3 Å². The number of carboxylic acid groups (broad SMARTS) is 1. The van der Waals surface area contributed by atoms with Crippen molar-refractivity contribution in [2.45, 2.75) is 32.8 Å². The van der Waals surface area contributed by atoms with E-state index in [1.54, 1.807) is 0 Å². The van der Waals surface area contributed by atoms with E-state index in [2.05, 4.69) is 0 Å². The maximum Gasteiger partial charge on any atom is 0.333 e. The molecule has 11 heavy (non-hydrogen) atoms. The number of hydrogen-bond acceptors (Lipinski definition) is 2. The van der Waals surface area contributed by atoms with Crippen LogP contribution in [0.5, 0.6) is 0 Å². The maximum atomic E-state index is 10.5. The molecule has 0 aliphatic heterocycles. The van der Waals surface area contributed by atoms with Crippen molar-refractivity contribution in [1.82, 2.24) is 0 Å². The van der Waals surface area contributed by atoms with Crippen LogP contribution in [0, 0.1) is 5.92 Å². The third kappa shape index (κ3) is 3.37. The number of ether oxygens (including phenoxy) is 1. The predicted molar refractivity (Wildman–Crippen MR) is 42.5 cm³/mol. The van der Waals surface area contributed by atoms with Crippen LogP contribution < -0.4 is 0 Å². The number of rotatable bonds is 5. The standard InChI is InChI=1S/C8H16O3/c1-4-5-6(2)7(11-3)8(9)10/h6-7H,4-5H2,1-3H3,(H,9,10). The minimum absolute atomic E-state index is 0.0995. The van der Waals surface area contributed by atoms with E-state index in [0.29, 0.717) is 0 Å². The summed E-state index contributed by atoms with van der Waals surface area (Å²) in [6.45, 7) is 3.93. The molecule has 0 radical (unpaired) electrons. The molecule has 3 nitrogen and oxygen atoms in total. The van der Waals surface area contributed by atoms with Crippen molar-refractivity contribution in [1.29, 1.82) is 0 Å². The van der Waals surface area contributed by atoms with Crippen molar-refractivity contribution >= 4 is 5.97 Å². The Bertz CT molecular complexity index is 123. The van der Waals surface area contributed by atoms with Crippen LogP contribution in [-0.4, -0.2) is 24.3 Å². The maximum absolute atomic E-state index is 10.5. The first-order valence-electron chi connectivity index (χ1n) is 3.89. The smallest absolute Gasteiger partial charge is 0.333 e. The van der Waals surface area contributed by atoms with Gasteiger partial charge in [-0.25, -0.2) is 4.79 Å². The summed E-state index contributed by atoms with van der Waals surface area (Å²) in [7, 11) is 1.44. The van der Waals surface area contributed by atoms with E-state index >= 15 is 0 Å². The van der Waals surface area contributed by atoms with Gasteiger partial charge in [-0.2, -0.15) is 0 Å². The zero-order valence-electron chi connectivity index (χ0n) is 7.33. The van der Waals surface area contributed by atoms with Gasteiger partial charge in [0.05, 0.1) is 0 Å². The fourth-order valence-electron chi connectivity index (χ4n) is 1.18. The zero-order chi connectivity index (χ0) is 8.85. The van der Waals surface area contributed by atoms with Crippen LogP contribution in [0.2, 0.25) is 0 Å². The number of aliphatic carboxylic acids is 1. The Morgan fingerprint density at radius 1 is 1.64 bits per heavy atom. The minimum atomic E-state index is -0.867. The third-order valence-corrected chi connectivity index (χ3v) is 1.76. The van der Waals surface area contributed by atoms with Gasteiger partial charge in [0.25, 0.3) is 0 Å². The molecule has 0 rings (SSSR count). The molecule has 0 aliphatic rings. The monoisotopic (exact) mass is 160 g/mol. The van der Waals surface area contributed by atoms with Gasteiger partial charge in [-0.1, -0.05) is 20.3 Å². The van der Waals surface area contributed by atoms with Gasteiger partial charge < -0.3 is 9.84 Å². The van der Waals surface area contributed by atoms with Gasteiger partial charge in [0.15, 0.2) is 6.10 Å². The lowest BCUT2D eigenvalue weighted by molar-refractivity contribution is -0.151. The largest absolute Gasteiger partial charge is 0.479 e. The minimum Gasteiger partial charge on any atom is -0.479 e. The van der Waals surface area contributed by atoms with E-state index in [9.17, 15) is 4.79 Å². The highest BCUT2D eigenvalue weighted by molar-refractivity contribution is 5.72. The fraction of sp³-hybridized carbons (Fsp3) is 0.875. The molecule has 0 saturated carbocycles. The normalized spacial score (nSPS) is 15.9. The second kappa shape index (κ2) is 5.13. The lowest BCUT2D eigenvalue weighted by atomic mass is 9.99. The van der Waals surface area contributed by atoms with Gasteiger partial charge in [-0.3, -0.25) is 0 Å². The first-order valence-corrected chi connectivity index (χ1v) is 3.89. The quantitative estimate of drug-likeness (QED) is 0.663. The lowest BCUT2D eigenvalue weighted by Gasteiger charge is -2.17. The summed E-state index contributed by atoms with van der Waals surface area (Å²) < 4.78 is 4.83. The molecule has 0 saturated heterocycles. The molecule has 0 amide bonds. The Kier molecular flexibility index (Phi) is 4.86. The second-order valence-electron chi connectivity index (χ2n) is 2.76. The zero-order valence-corrected chi connectivity index (χ0v) is 7.33. The molecule has 0 spiro atoms. The van der Waals surface area contributed by atoms with Crippen molar-refractivity contribution < 1.29 is 14.6 Å². The number of carboxylic acids is 1. The van der Waals surface area contributed by atoms with E-state index in [-0.39, 0.29) is 5.92 Å². The van der Waals surface area contributed by atoms with Crippen molar-refractivity contribution in [2.75, 3.05) is 7.11 Å². The molecule has 1 N–H and O–H groups in total. The predicted octanol–water partition coefficient (Wildman–Crippen LogP) is 1.52. The highest BCUT2D eigenvalue weighted by Crippen LogP contribution is 2.13. The summed E-state index contributed by atoms with van der Waals surface area (Å²) in [5.41, 5.74) is 0. The SMILES string of the molecule is CCCC(C)C(OC)C(=O)O. The Morgan fingerprint density at radius 3 is 2.45 bits per heavy atom. The van der Waals surface area contributed by atoms with Crippen LogP contribution in [0.1, 0.15) is 26.7 Å². The molecule has 2 atom stereocenters. The summed E-state index contributed by atoms with van der Waals surface area (Å²) in [5, 5.41) is 8.65. The van der Waals surface area contributed by atoms with Crippen LogP contribution in [0.3, 0.4) is 0 Å². The van der Waals surface area contributed by atoms with Crippen LogP contribution in [0.15, 0.2) is 0 Å². The average Bonchev–Trinajstić information content (AvgIpc) is 1.88. The number of methoxy groups -OCH3 is 1. The first-order chi connectivity index (χ1) is 5.13. The molecule has 0 aromatic carbocycles. The van der Waals surface area contributed by atoms with Crippen LogP contribution in [0.4, 0.5) is 0 Å². The van der Waals surface area contributed by atoms with Crippen molar-refractivity contribution in [3.63, 3.8) is 0 Å². The summed E-state index contributed by atoms with van der Waals surface area (Å²) in [6.07, 6.45) is 1.24. The van der Waals surface area contributed by atoms with Crippen molar-refractivity contribution in [3.05, 3.63) is 0 Å². The van der Waals surface area contributed by atoms with E-state index < -0.39 is 12.1 Å². The molecule has 0 bridgehead atoms. The molecule has 0 aromatic heterocycles. The lowest BCUT2D eigenvalue weighted by Crippen LogP contribution is -2.29. The molecular formula is C8H16O3. The average molecular weight is 160 g/mol. The number of carbonyl (C=O) groups is 1. The highest BCUT2D eigenvalue weighted by Gasteiger charge is 2.22. The molecule has 0 aliphatic carbocycles. The summed E-state index contributed by atoms with van der Waals surface area (Å²) in [5.74, 6) is -0.768. The third-order valence-electron chi connectivity index (χ3n) is 1.76. The Morgan fingerprint density at radius 2 is 2.18 bits per heavy atom. The van der Waals surface area contributed by atoms with Crippen LogP contribution in [0.25, 0.3) is 0 Å². The van der Waals surface area contributed by atoms with Gasteiger partial charge in [0, 0.05) is 7.11 Å². The van der Waals surface area contributed by atoms with Gasteiger partial charge >= 0.3 is 5.97 Å². The molecular weight excluding hydrogens is 144 g/mol. The fourth-order valence-corrected chi connectivity index (χ4v) is 1.18. The molecule has 3 heteroatoms. The van der Waals surface area contributed by atoms with Gasteiger partial charge in [0.1, 0.15) is 0 Å². The van der Waals surface area contributed by atoms with Crippen LogP contribution in [-0.2, 0) is 9.53 Å². The summed E-state index contributed by atoms with van der Waals surface area (Å²) in [6, 6.07) is 0. The highest BCUT2D eigenvalue weighted by atomic mass is 16.5.